The van der Waals surface area contributed by atoms with Crippen LogP contribution in [0.25, 0.3) is 0 Å². The van der Waals surface area contributed by atoms with Crippen LogP contribution in [0.2, 0.25) is 0 Å². The van der Waals surface area contributed by atoms with Gasteiger partial charge in [0.15, 0.2) is 11.5 Å². The highest BCUT2D eigenvalue weighted by Crippen LogP contribution is 2.39. The van der Waals surface area contributed by atoms with E-state index < -0.39 is 0 Å². The standard InChI is InChI=1S/C14H21NO2/c1-3-9-16-13-7-5-6-11-12(15-4-2)8-10-17-14(11)13/h5-7,12,15H,3-4,8-10H2,1-2H3. The lowest BCUT2D eigenvalue weighted by Gasteiger charge is -2.27. The molecule has 1 aliphatic rings. The maximum absolute atomic E-state index is 5.76. The second-order valence-electron chi connectivity index (χ2n) is 4.27. The maximum atomic E-state index is 5.76. The lowest BCUT2D eigenvalue weighted by Crippen LogP contribution is -2.27. The lowest BCUT2D eigenvalue weighted by molar-refractivity contribution is 0.229. The topological polar surface area (TPSA) is 30.5 Å². The van der Waals surface area contributed by atoms with Crippen LogP contribution in [0.4, 0.5) is 0 Å². The number of fused-ring (bicyclic) bond motifs is 1. The van der Waals surface area contributed by atoms with E-state index in [1.54, 1.807) is 0 Å². The summed E-state index contributed by atoms with van der Waals surface area (Å²) in [5, 5.41) is 3.49. The molecule has 2 rings (SSSR count). The van der Waals surface area contributed by atoms with E-state index in [9.17, 15) is 0 Å². The first-order valence-electron chi connectivity index (χ1n) is 6.48. The third kappa shape index (κ3) is 2.72. The Bertz CT molecular complexity index is 365. The van der Waals surface area contributed by atoms with E-state index in [0.29, 0.717) is 6.04 Å². The van der Waals surface area contributed by atoms with Crippen molar-refractivity contribution in [3.8, 4) is 11.5 Å². The molecule has 0 amide bonds. The number of benzene rings is 1. The SMILES string of the molecule is CCCOc1cccc2c1OCCC2NCC. The Labute approximate surface area is 103 Å². The molecule has 1 N–H and O–H groups in total. The van der Waals surface area contributed by atoms with E-state index >= 15 is 0 Å². The fourth-order valence-electron chi connectivity index (χ4n) is 2.18. The molecule has 0 saturated carbocycles. The van der Waals surface area contributed by atoms with Crippen molar-refractivity contribution in [2.75, 3.05) is 19.8 Å². The number of rotatable bonds is 5. The molecule has 1 unspecified atom stereocenters. The molecule has 0 saturated heterocycles. The molecule has 0 aliphatic carbocycles. The van der Waals surface area contributed by atoms with Crippen molar-refractivity contribution in [3.05, 3.63) is 23.8 Å². The smallest absolute Gasteiger partial charge is 0.165 e. The predicted molar refractivity (Wildman–Crippen MR) is 68.8 cm³/mol. The van der Waals surface area contributed by atoms with Crippen molar-refractivity contribution in [1.29, 1.82) is 0 Å². The zero-order valence-corrected chi connectivity index (χ0v) is 10.7. The van der Waals surface area contributed by atoms with Crippen molar-refractivity contribution >= 4 is 0 Å². The van der Waals surface area contributed by atoms with E-state index in [4.69, 9.17) is 9.47 Å². The summed E-state index contributed by atoms with van der Waals surface area (Å²) in [4.78, 5) is 0. The van der Waals surface area contributed by atoms with Crippen molar-refractivity contribution in [3.63, 3.8) is 0 Å². The Kier molecular flexibility index (Phi) is 4.26. The van der Waals surface area contributed by atoms with Crippen molar-refractivity contribution in [2.24, 2.45) is 0 Å². The molecule has 0 spiro atoms. The summed E-state index contributed by atoms with van der Waals surface area (Å²) < 4.78 is 11.5. The van der Waals surface area contributed by atoms with Crippen molar-refractivity contribution in [2.45, 2.75) is 32.7 Å². The fraction of sp³-hybridized carbons (Fsp3) is 0.571. The van der Waals surface area contributed by atoms with Gasteiger partial charge >= 0.3 is 0 Å². The van der Waals surface area contributed by atoms with Gasteiger partial charge in [-0.2, -0.15) is 0 Å². The molecule has 1 heterocycles. The molecule has 94 valence electrons. The summed E-state index contributed by atoms with van der Waals surface area (Å²) in [6.45, 7) is 6.72. The largest absolute Gasteiger partial charge is 0.490 e. The first-order valence-corrected chi connectivity index (χ1v) is 6.48. The van der Waals surface area contributed by atoms with Gasteiger partial charge < -0.3 is 14.8 Å². The number of hydrogen-bond acceptors (Lipinski definition) is 3. The van der Waals surface area contributed by atoms with E-state index in [-0.39, 0.29) is 0 Å². The molecule has 1 atom stereocenters. The van der Waals surface area contributed by atoms with Gasteiger partial charge in [0, 0.05) is 18.0 Å². The Hall–Kier alpha value is -1.22. The van der Waals surface area contributed by atoms with Gasteiger partial charge in [0.05, 0.1) is 13.2 Å². The minimum atomic E-state index is 0.397. The number of para-hydroxylation sites is 1. The van der Waals surface area contributed by atoms with E-state index in [1.165, 1.54) is 5.56 Å². The molecule has 0 bridgehead atoms. The minimum Gasteiger partial charge on any atom is -0.490 e. The van der Waals surface area contributed by atoms with Gasteiger partial charge in [-0.05, 0) is 19.0 Å². The molecule has 1 aliphatic heterocycles. The molecule has 1 aromatic rings. The predicted octanol–water partition coefficient (Wildman–Crippen LogP) is 2.91. The van der Waals surface area contributed by atoms with E-state index in [0.717, 1.165) is 44.1 Å². The van der Waals surface area contributed by atoms with Gasteiger partial charge in [-0.15, -0.1) is 0 Å². The van der Waals surface area contributed by atoms with Crippen LogP contribution in [0.5, 0.6) is 11.5 Å². The van der Waals surface area contributed by atoms with E-state index in [1.807, 2.05) is 12.1 Å². The van der Waals surface area contributed by atoms with Crippen LogP contribution in [-0.2, 0) is 0 Å². The van der Waals surface area contributed by atoms with Crippen molar-refractivity contribution in [1.82, 2.24) is 5.32 Å². The van der Waals surface area contributed by atoms with Crippen LogP contribution < -0.4 is 14.8 Å². The molecule has 0 radical (unpaired) electrons. The summed E-state index contributed by atoms with van der Waals surface area (Å²) in [5.74, 6) is 1.81. The summed E-state index contributed by atoms with van der Waals surface area (Å²) in [6.07, 6.45) is 2.04. The molecular formula is C14H21NO2. The normalized spacial score (nSPS) is 18.4. The average molecular weight is 235 g/mol. The van der Waals surface area contributed by atoms with Crippen LogP contribution in [-0.4, -0.2) is 19.8 Å². The second-order valence-corrected chi connectivity index (χ2v) is 4.27. The first-order chi connectivity index (χ1) is 8.36. The van der Waals surface area contributed by atoms with Crippen LogP contribution in [0.15, 0.2) is 18.2 Å². The monoisotopic (exact) mass is 235 g/mol. The second kappa shape index (κ2) is 5.92. The molecule has 3 heteroatoms. The number of ether oxygens (including phenoxy) is 2. The van der Waals surface area contributed by atoms with Gasteiger partial charge in [0.2, 0.25) is 0 Å². The van der Waals surface area contributed by atoms with Gasteiger partial charge in [-0.1, -0.05) is 26.0 Å². The molecular weight excluding hydrogens is 214 g/mol. The molecule has 17 heavy (non-hydrogen) atoms. The summed E-state index contributed by atoms with van der Waals surface area (Å²) in [6, 6.07) is 6.56. The Morgan fingerprint density at radius 1 is 1.41 bits per heavy atom. The number of hydrogen-bond donors (Lipinski definition) is 1. The average Bonchev–Trinajstić information content (AvgIpc) is 2.37. The zero-order chi connectivity index (χ0) is 12.1. The molecule has 3 nitrogen and oxygen atoms in total. The summed E-state index contributed by atoms with van der Waals surface area (Å²) in [5.41, 5.74) is 1.23. The third-order valence-corrected chi connectivity index (χ3v) is 2.95. The van der Waals surface area contributed by atoms with Crippen LogP contribution >= 0.6 is 0 Å². The minimum absolute atomic E-state index is 0.397. The maximum Gasteiger partial charge on any atom is 0.165 e. The Morgan fingerprint density at radius 3 is 3.06 bits per heavy atom. The van der Waals surface area contributed by atoms with Gasteiger partial charge in [0.25, 0.3) is 0 Å². The molecule has 0 fully saturated rings. The highest BCUT2D eigenvalue weighted by molar-refractivity contribution is 5.49. The van der Waals surface area contributed by atoms with Crippen LogP contribution in [0.1, 0.15) is 38.3 Å². The zero-order valence-electron chi connectivity index (χ0n) is 10.7. The van der Waals surface area contributed by atoms with Gasteiger partial charge in [-0.25, -0.2) is 0 Å². The highest BCUT2D eigenvalue weighted by atomic mass is 16.5. The van der Waals surface area contributed by atoms with Crippen molar-refractivity contribution < 1.29 is 9.47 Å². The first kappa shape index (κ1) is 12.2. The highest BCUT2D eigenvalue weighted by Gasteiger charge is 2.23. The Morgan fingerprint density at radius 2 is 2.29 bits per heavy atom. The van der Waals surface area contributed by atoms with Crippen LogP contribution in [0.3, 0.4) is 0 Å². The molecule has 0 aromatic heterocycles. The quantitative estimate of drug-likeness (QED) is 0.851. The summed E-state index contributed by atoms with van der Waals surface area (Å²) in [7, 11) is 0. The Balaban J connectivity index is 2.23. The van der Waals surface area contributed by atoms with E-state index in [2.05, 4.69) is 25.2 Å². The summed E-state index contributed by atoms with van der Waals surface area (Å²) >= 11 is 0. The third-order valence-electron chi connectivity index (χ3n) is 2.95. The van der Waals surface area contributed by atoms with Gasteiger partial charge in [0.1, 0.15) is 0 Å². The molecule has 1 aromatic carbocycles. The lowest BCUT2D eigenvalue weighted by atomic mass is 10.00. The fourth-order valence-corrected chi connectivity index (χ4v) is 2.18. The van der Waals surface area contributed by atoms with Crippen LogP contribution in [0, 0.1) is 0 Å². The van der Waals surface area contributed by atoms with Gasteiger partial charge in [-0.3, -0.25) is 0 Å². The number of nitrogens with one attached hydrogen (secondary N) is 1.